The fourth-order valence-corrected chi connectivity index (χ4v) is 1.23. The van der Waals surface area contributed by atoms with Crippen molar-refractivity contribution in [3.8, 4) is 0 Å². The fraction of sp³-hybridized carbons (Fsp3) is 0.800. The Bertz CT molecular complexity index is 135. The van der Waals surface area contributed by atoms with E-state index >= 15 is 0 Å². The molecule has 0 radical (unpaired) electrons. The van der Waals surface area contributed by atoms with Gasteiger partial charge in [-0.2, -0.15) is 0 Å². The molecule has 1 N–H and O–H groups in total. The average Bonchev–Trinajstić information content (AvgIpc) is 1.84. The molecule has 0 fully saturated rings. The van der Waals surface area contributed by atoms with Gasteiger partial charge >= 0.3 is 0 Å². The summed E-state index contributed by atoms with van der Waals surface area (Å²) >= 11 is 0. The molecular formula is C10H22N2. The van der Waals surface area contributed by atoms with Crippen LogP contribution in [0.25, 0.3) is 0 Å². The highest BCUT2D eigenvalue weighted by Crippen LogP contribution is 1.95. The van der Waals surface area contributed by atoms with E-state index in [1.165, 1.54) is 5.57 Å². The monoisotopic (exact) mass is 170 g/mol. The number of allylic oxidation sites excluding steroid dienone is 1. The Hall–Kier alpha value is -0.340. The molecule has 0 aliphatic carbocycles. The van der Waals surface area contributed by atoms with Gasteiger partial charge in [-0.15, -0.1) is 0 Å². The second kappa shape index (κ2) is 6.21. The smallest absolute Gasteiger partial charge is 0.0380 e. The van der Waals surface area contributed by atoms with E-state index < -0.39 is 0 Å². The van der Waals surface area contributed by atoms with Gasteiger partial charge in [0.25, 0.3) is 0 Å². The lowest BCUT2D eigenvalue weighted by molar-refractivity contribution is 0.369. The molecule has 1 atom stereocenters. The number of rotatable bonds is 5. The summed E-state index contributed by atoms with van der Waals surface area (Å²) in [6.07, 6.45) is 2.28. The Morgan fingerprint density at radius 2 is 2.00 bits per heavy atom. The van der Waals surface area contributed by atoms with Gasteiger partial charge in [-0.1, -0.05) is 18.6 Å². The van der Waals surface area contributed by atoms with Crippen molar-refractivity contribution < 1.29 is 0 Å². The lowest BCUT2D eigenvalue weighted by Gasteiger charge is -2.19. The Morgan fingerprint density at radius 3 is 2.33 bits per heavy atom. The van der Waals surface area contributed by atoms with Gasteiger partial charge in [-0.3, -0.25) is 0 Å². The standard InChI is InChI=1S/C10H22N2/c1-6-11-10(7-9(2)3)8-12(4)5/h7,10-11H,6,8H2,1-5H3. The molecule has 0 rings (SSSR count). The Labute approximate surface area is 76.6 Å². The van der Waals surface area contributed by atoms with Gasteiger partial charge in [-0.05, 0) is 34.5 Å². The van der Waals surface area contributed by atoms with Crippen LogP contribution in [-0.4, -0.2) is 38.1 Å². The minimum Gasteiger partial charge on any atom is -0.310 e. The molecule has 72 valence electrons. The van der Waals surface area contributed by atoms with Crippen LogP contribution in [-0.2, 0) is 0 Å². The summed E-state index contributed by atoms with van der Waals surface area (Å²) in [5, 5.41) is 3.43. The third-order valence-corrected chi connectivity index (χ3v) is 1.56. The fourth-order valence-electron chi connectivity index (χ4n) is 1.23. The van der Waals surface area contributed by atoms with E-state index in [-0.39, 0.29) is 0 Å². The Balaban J connectivity index is 3.95. The minimum atomic E-state index is 0.495. The molecule has 0 aromatic heterocycles. The van der Waals surface area contributed by atoms with Crippen LogP contribution in [0.4, 0.5) is 0 Å². The van der Waals surface area contributed by atoms with Crippen LogP contribution in [0.2, 0.25) is 0 Å². The van der Waals surface area contributed by atoms with Crippen molar-refractivity contribution in [3.05, 3.63) is 11.6 Å². The predicted octanol–water partition coefficient (Wildman–Crippen LogP) is 1.49. The topological polar surface area (TPSA) is 15.3 Å². The van der Waals surface area contributed by atoms with Gasteiger partial charge in [0.1, 0.15) is 0 Å². The van der Waals surface area contributed by atoms with Crippen molar-refractivity contribution in [2.45, 2.75) is 26.8 Å². The molecular weight excluding hydrogens is 148 g/mol. The van der Waals surface area contributed by atoms with Crippen LogP contribution in [0.1, 0.15) is 20.8 Å². The highest BCUT2D eigenvalue weighted by atomic mass is 15.1. The van der Waals surface area contributed by atoms with Crippen molar-refractivity contribution >= 4 is 0 Å². The molecule has 0 bridgehead atoms. The first-order valence-corrected chi connectivity index (χ1v) is 4.59. The van der Waals surface area contributed by atoms with Crippen molar-refractivity contribution in [2.24, 2.45) is 0 Å². The molecule has 0 heterocycles. The summed E-state index contributed by atoms with van der Waals surface area (Å²) in [6, 6.07) is 0.495. The summed E-state index contributed by atoms with van der Waals surface area (Å²) in [5.74, 6) is 0. The van der Waals surface area contributed by atoms with Crippen molar-refractivity contribution in [1.29, 1.82) is 0 Å². The van der Waals surface area contributed by atoms with Crippen LogP contribution >= 0.6 is 0 Å². The normalized spacial score (nSPS) is 13.2. The average molecular weight is 170 g/mol. The first kappa shape index (κ1) is 11.7. The van der Waals surface area contributed by atoms with Crippen LogP contribution in [0.15, 0.2) is 11.6 Å². The van der Waals surface area contributed by atoms with Crippen molar-refractivity contribution in [3.63, 3.8) is 0 Å². The summed E-state index contributed by atoms with van der Waals surface area (Å²) in [5.41, 5.74) is 1.38. The maximum Gasteiger partial charge on any atom is 0.0380 e. The molecule has 0 amide bonds. The van der Waals surface area contributed by atoms with Gasteiger partial charge in [0, 0.05) is 12.6 Å². The molecule has 2 nitrogen and oxygen atoms in total. The molecule has 0 aromatic rings. The summed E-state index contributed by atoms with van der Waals surface area (Å²) < 4.78 is 0. The number of hydrogen-bond donors (Lipinski definition) is 1. The first-order valence-electron chi connectivity index (χ1n) is 4.59. The van der Waals surface area contributed by atoms with Crippen molar-refractivity contribution in [1.82, 2.24) is 10.2 Å². The number of likely N-dealkylation sites (N-methyl/N-ethyl adjacent to an activating group) is 2. The molecule has 0 saturated carbocycles. The molecule has 1 unspecified atom stereocenters. The lowest BCUT2D eigenvalue weighted by atomic mass is 10.2. The summed E-state index contributed by atoms with van der Waals surface area (Å²) in [7, 11) is 4.20. The zero-order valence-corrected chi connectivity index (χ0v) is 9.02. The second-order valence-corrected chi connectivity index (χ2v) is 3.67. The minimum absolute atomic E-state index is 0.495. The van der Waals surface area contributed by atoms with Crippen LogP contribution in [0.3, 0.4) is 0 Å². The largest absolute Gasteiger partial charge is 0.310 e. The molecule has 2 heteroatoms. The van der Waals surface area contributed by atoms with Gasteiger partial charge in [-0.25, -0.2) is 0 Å². The summed E-state index contributed by atoms with van der Waals surface area (Å²) in [4.78, 5) is 2.20. The Kier molecular flexibility index (Phi) is 6.03. The van der Waals surface area contributed by atoms with E-state index in [1.807, 2.05) is 0 Å². The zero-order chi connectivity index (χ0) is 9.56. The van der Waals surface area contributed by atoms with Crippen LogP contribution in [0, 0.1) is 0 Å². The zero-order valence-electron chi connectivity index (χ0n) is 9.02. The van der Waals surface area contributed by atoms with Crippen molar-refractivity contribution in [2.75, 3.05) is 27.2 Å². The molecule has 12 heavy (non-hydrogen) atoms. The van der Waals surface area contributed by atoms with E-state index in [0.717, 1.165) is 13.1 Å². The molecule has 0 aliphatic rings. The molecule has 0 aliphatic heterocycles. The first-order chi connectivity index (χ1) is 5.56. The predicted molar refractivity (Wildman–Crippen MR) is 55.4 cm³/mol. The number of nitrogens with zero attached hydrogens (tertiary/aromatic N) is 1. The van der Waals surface area contributed by atoms with Gasteiger partial charge in [0.15, 0.2) is 0 Å². The van der Waals surface area contributed by atoms with E-state index in [2.05, 4.69) is 51.2 Å². The maximum atomic E-state index is 3.43. The molecule has 0 saturated heterocycles. The SMILES string of the molecule is CCNC(C=C(C)C)CN(C)C. The number of hydrogen-bond acceptors (Lipinski definition) is 2. The van der Waals surface area contributed by atoms with E-state index in [0.29, 0.717) is 6.04 Å². The van der Waals surface area contributed by atoms with Crippen LogP contribution in [0.5, 0.6) is 0 Å². The van der Waals surface area contributed by atoms with E-state index in [4.69, 9.17) is 0 Å². The van der Waals surface area contributed by atoms with E-state index in [9.17, 15) is 0 Å². The third kappa shape index (κ3) is 6.38. The maximum absolute atomic E-state index is 3.43. The lowest BCUT2D eigenvalue weighted by Crippen LogP contribution is -2.36. The van der Waals surface area contributed by atoms with E-state index in [1.54, 1.807) is 0 Å². The summed E-state index contributed by atoms with van der Waals surface area (Å²) in [6.45, 7) is 8.52. The molecule has 0 aromatic carbocycles. The van der Waals surface area contributed by atoms with Crippen LogP contribution < -0.4 is 5.32 Å². The third-order valence-electron chi connectivity index (χ3n) is 1.56. The Morgan fingerprint density at radius 1 is 1.42 bits per heavy atom. The van der Waals surface area contributed by atoms with Gasteiger partial charge in [0.2, 0.25) is 0 Å². The second-order valence-electron chi connectivity index (χ2n) is 3.67. The number of nitrogens with one attached hydrogen (secondary N) is 1. The molecule has 0 spiro atoms. The van der Waals surface area contributed by atoms with Gasteiger partial charge in [0.05, 0.1) is 0 Å². The van der Waals surface area contributed by atoms with Gasteiger partial charge < -0.3 is 10.2 Å². The highest BCUT2D eigenvalue weighted by molar-refractivity contribution is 5.01. The highest BCUT2D eigenvalue weighted by Gasteiger charge is 2.03. The quantitative estimate of drug-likeness (QED) is 0.629.